The Balaban J connectivity index is 2.14. The largest absolute Gasteiger partial charge is 0.392 e. The Morgan fingerprint density at radius 1 is 1.27 bits per heavy atom. The summed E-state index contributed by atoms with van der Waals surface area (Å²) in [7, 11) is 0. The van der Waals surface area contributed by atoms with Crippen LogP contribution in [0.5, 0.6) is 0 Å². The summed E-state index contributed by atoms with van der Waals surface area (Å²) in [6, 6.07) is 0. The van der Waals surface area contributed by atoms with Gasteiger partial charge in [0.2, 0.25) is 0 Å². The molecular weight excluding hydrogens is 192 g/mol. The lowest BCUT2D eigenvalue weighted by atomic mass is 9.94. The zero-order valence-electron chi connectivity index (χ0n) is 8.96. The van der Waals surface area contributed by atoms with Gasteiger partial charge in [0.05, 0.1) is 6.61 Å². The molecule has 0 aromatic heterocycles. The number of carbonyl (C=O) groups excluding carboxylic acids is 1. The lowest BCUT2D eigenvalue weighted by molar-refractivity contribution is -0.119. The molecule has 0 saturated carbocycles. The fraction of sp³-hybridized carbons (Fsp3) is 0.727. The van der Waals surface area contributed by atoms with E-state index in [-0.39, 0.29) is 6.61 Å². The molecule has 1 fully saturated rings. The number of piperazine rings is 1. The minimum absolute atomic E-state index is 0.104. The number of hydrogen-bond acceptors (Lipinski definition) is 4. The molecule has 15 heavy (non-hydrogen) atoms. The maximum atomic E-state index is 11.4. The number of nitrogens with one attached hydrogen (secondary N) is 1. The first-order valence-corrected chi connectivity index (χ1v) is 5.60. The Morgan fingerprint density at radius 2 is 2.00 bits per heavy atom. The van der Waals surface area contributed by atoms with Crippen molar-refractivity contribution in [3.8, 4) is 0 Å². The molecule has 0 atom stereocenters. The molecule has 4 nitrogen and oxygen atoms in total. The third kappa shape index (κ3) is 2.38. The van der Waals surface area contributed by atoms with Crippen molar-refractivity contribution in [2.45, 2.75) is 19.3 Å². The summed E-state index contributed by atoms with van der Waals surface area (Å²) >= 11 is 0. The van der Waals surface area contributed by atoms with E-state index in [1.165, 1.54) is 0 Å². The highest BCUT2D eigenvalue weighted by Crippen LogP contribution is 2.25. The molecule has 2 aliphatic rings. The molecule has 0 spiro atoms. The molecule has 2 rings (SSSR count). The number of aliphatic hydroxyl groups excluding tert-OH is 1. The van der Waals surface area contributed by atoms with Crippen LogP contribution in [0.1, 0.15) is 19.3 Å². The molecular formula is C11H18N2O2. The van der Waals surface area contributed by atoms with Gasteiger partial charge in [-0.1, -0.05) is 0 Å². The number of rotatable bonds is 2. The highest BCUT2D eigenvalue weighted by atomic mass is 16.3. The van der Waals surface area contributed by atoms with E-state index >= 15 is 0 Å². The second-order valence-electron chi connectivity index (χ2n) is 4.16. The van der Waals surface area contributed by atoms with E-state index in [0.29, 0.717) is 18.6 Å². The van der Waals surface area contributed by atoms with E-state index in [1.807, 2.05) is 0 Å². The Labute approximate surface area is 90.0 Å². The average Bonchev–Trinajstić information content (AvgIpc) is 2.30. The molecule has 0 amide bonds. The molecule has 84 valence electrons. The van der Waals surface area contributed by atoms with Gasteiger partial charge >= 0.3 is 0 Å². The van der Waals surface area contributed by atoms with Crippen molar-refractivity contribution in [1.29, 1.82) is 0 Å². The van der Waals surface area contributed by atoms with E-state index in [1.54, 1.807) is 0 Å². The minimum Gasteiger partial charge on any atom is -0.392 e. The van der Waals surface area contributed by atoms with Crippen molar-refractivity contribution in [2.24, 2.45) is 0 Å². The summed E-state index contributed by atoms with van der Waals surface area (Å²) in [4.78, 5) is 13.7. The molecule has 0 bridgehead atoms. The third-order valence-electron chi connectivity index (χ3n) is 3.17. The van der Waals surface area contributed by atoms with Gasteiger partial charge in [-0.2, -0.15) is 0 Å². The van der Waals surface area contributed by atoms with Crippen LogP contribution < -0.4 is 5.32 Å². The predicted octanol–water partition coefficient (Wildman–Crippen LogP) is -0.109. The zero-order chi connectivity index (χ0) is 10.7. The van der Waals surface area contributed by atoms with Gasteiger partial charge in [-0.3, -0.25) is 4.79 Å². The van der Waals surface area contributed by atoms with Crippen molar-refractivity contribution >= 4 is 5.78 Å². The van der Waals surface area contributed by atoms with Crippen molar-refractivity contribution in [3.05, 3.63) is 11.3 Å². The van der Waals surface area contributed by atoms with Gasteiger partial charge in [0.25, 0.3) is 0 Å². The minimum atomic E-state index is 0.104. The van der Waals surface area contributed by atoms with Crippen LogP contribution in [-0.2, 0) is 4.79 Å². The first-order valence-electron chi connectivity index (χ1n) is 5.60. The van der Waals surface area contributed by atoms with Crippen LogP contribution in [0.2, 0.25) is 0 Å². The zero-order valence-corrected chi connectivity index (χ0v) is 8.96. The standard InChI is InChI=1S/C11H18N2O2/c14-8-9-1-2-10(15)7-11(9)13-5-3-12-4-6-13/h12,14H,1-8H2. The summed E-state index contributed by atoms with van der Waals surface area (Å²) in [6.45, 7) is 3.94. The van der Waals surface area contributed by atoms with Crippen LogP contribution in [0, 0.1) is 0 Å². The van der Waals surface area contributed by atoms with Gasteiger partial charge < -0.3 is 15.3 Å². The van der Waals surface area contributed by atoms with Crippen LogP contribution in [0.25, 0.3) is 0 Å². The maximum Gasteiger partial charge on any atom is 0.139 e. The van der Waals surface area contributed by atoms with Crippen LogP contribution in [0.15, 0.2) is 11.3 Å². The second-order valence-corrected chi connectivity index (χ2v) is 4.16. The predicted molar refractivity (Wildman–Crippen MR) is 57.4 cm³/mol. The Bertz CT molecular complexity index is 280. The number of carbonyl (C=O) groups is 1. The van der Waals surface area contributed by atoms with Gasteiger partial charge in [-0.25, -0.2) is 0 Å². The van der Waals surface area contributed by atoms with Crippen molar-refractivity contribution in [2.75, 3.05) is 32.8 Å². The second kappa shape index (κ2) is 4.77. The van der Waals surface area contributed by atoms with Crippen LogP contribution in [0.3, 0.4) is 0 Å². The highest BCUT2D eigenvalue weighted by molar-refractivity contribution is 5.82. The lowest BCUT2D eigenvalue weighted by Gasteiger charge is -2.34. The Morgan fingerprint density at radius 3 is 2.67 bits per heavy atom. The van der Waals surface area contributed by atoms with E-state index in [4.69, 9.17) is 0 Å². The highest BCUT2D eigenvalue weighted by Gasteiger charge is 2.23. The number of hydrogen-bond donors (Lipinski definition) is 2. The van der Waals surface area contributed by atoms with Crippen molar-refractivity contribution < 1.29 is 9.90 Å². The first-order chi connectivity index (χ1) is 7.31. The van der Waals surface area contributed by atoms with Crippen molar-refractivity contribution in [3.63, 3.8) is 0 Å². The quantitative estimate of drug-likeness (QED) is 0.668. The summed E-state index contributed by atoms with van der Waals surface area (Å²) in [5.41, 5.74) is 2.16. The molecule has 0 aromatic carbocycles. The normalized spacial score (nSPS) is 23.5. The number of ketones is 1. The fourth-order valence-corrected chi connectivity index (χ4v) is 2.28. The number of Topliss-reactive ketones (excluding diaryl/α,β-unsaturated/α-hetero) is 1. The SMILES string of the molecule is O=C1CCC(CO)=C(N2CCNCC2)C1. The fourth-order valence-electron chi connectivity index (χ4n) is 2.28. The van der Waals surface area contributed by atoms with Crippen molar-refractivity contribution in [1.82, 2.24) is 10.2 Å². The Hall–Kier alpha value is -0.870. The average molecular weight is 210 g/mol. The third-order valence-corrected chi connectivity index (χ3v) is 3.17. The van der Waals surface area contributed by atoms with Gasteiger partial charge in [-0.05, 0) is 12.0 Å². The summed E-state index contributed by atoms with van der Waals surface area (Å²) in [5, 5.41) is 12.6. The van der Waals surface area contributed by atoms with E-state index in [9.17, 15) is 9.90 Å². The summed E-state index contributed by atoms with van der Waals surface area (Å²) in [5.74, 6) is 0.306. The number of aliphatic hydroxyl groups is 1. The molecule has 0 aromatic rings. The van der Waals surface area contributed by atoms with Crippen LogP contribution >= 0.6 is 0 Å². The molecule has 4 heteroatoms. The van der Waals surface area contributed by atoms with Gasteiger partial charge in [0.15, 0.2) is 0 Å². The molecule has 0 unspecified atom stereocenters. The van der Waals surface area contributed by atoms with E-state index < -0.39 is 0 Å². The number of allylic oxidation sites excluding steroid dienone is 1. The van der Waals surface area contributed by atoms with Gasteiger partial charge in [0.1, 0.15) is 5.78 Å². The smallest absolute Gasteiger partial charge is 0.139 e. The monoisotopic (exact) mass is 210 g/mol. The molecule has 1 heterocycles. The van der Waals surface area contributed by atoms with E-state index in [0.717, 1.165) is 43.9 Å². The molecule has 2 N–H and O–H groups in total. The molecule has 1 aliphatic carbocycles. The van der Waals surface area contributed by atoms with Crippen LogP contribution in [0.4, 0.5) is 0 Å². The van der Waals surface area contributed by atoms with E-state index in [2.05, 4.69) is 10.2 Å². The van der Waals surface area contributed by atoms with Gasteiger partial charge in [-0.15, -0.1) is 0 Å². The Kier molecular flexibility index (Phi) is 3.38. The lowest BCUT2D eigenvalue weighted by Crippen LogP contribution is -2.44. The molecule has 1 saturated heterocycles. The maximum absolute atomic E-state index is 11.4. The van der Waals surface area contributed by atoms with Gasteiger partial charge in [0, 0.05) is 44.7 Å². The summed E-state index contributed by atoms with van der Waals surface area (Å²) in [6.07, 6.45) is 1.87. The first kappa shape index (κ1) is 10.6. The topological polar surface area (TPSA) is 52.6 Å². The summed E-state index contributed by atoms with van der Waals surface area (Å²) < 4.78 is 0. The van der Waals surface area contributed by atoms with Crippen LogP contribution in [-0.4, -0.2) is 48.6 Å². The molecule has 1 aliphatic heterocycles. The molecule has 0 radical (unpaired) electrons. The number of nitrogens with zero attached hydrogens (tertiary/aromatic N) is 1.